The standard InChI is InChI=1S/C24H15F6N3O4S/c1-2-37-22(36)18-15-11-38-20(31-19(34)14-5-3-4-6-16(14)24(28,29)30)17(15)21(35)33(32-18)13-9-7-12(8-10-13)23(25,26)27/h3-11H,2H2,1H3,(H,31,34). The Balaban J connectivity index is 1.87. The molecule has 0 radical (unpaired) electrons. The van der Waals surface area contributed by atoms with E-state index in [1.807, 2.05) is 0 Å². The first-order valence-electron chi connectivity index (χ1n) is 10.7. The topological polar surface area (TPSA) is 90.3 Å². The van der Waals surface area contributed by atoms with Gasteiger partial charge in [-0.3, -0.25) is 9.59 Å². The molecule has 0 aliphatic heterocycles. The molecule has 2 aromatic heterocycles. The van der Waals surface area contributed by atoms with Gasteiger partial charge in [0.15, 0.2) is 5.69 Å². The molecule has 0 bridgehead atoms. The van der Waals surface area contributed by atoms with Crippen LogP contribution in [0.1, 0.15) is 38.9 Å². The second kappa shape index (κ2) is 9.93. The minimum Gasteiger partial charge on any atom is -0.461 e. The fourth-order valence-electron chi connectivity index (χ4n) is 3.56. The predicted octanol–water partition coefficient (Wildman–Crippen LogP) is 5.91. The number of nitrogens with one attached hydrogen (secondary N) is 1. The average molecular weight is 555 g/mol. The number of esters is 1. The number of fused-ring (bicyclic) bond motifs is 1. The Morgan fingerprint density at radius 3 is 2.26 bits per heavy atom. The minimum absolute atomic E-state index is 0.0546. The molecular weight excluding hydrogens is 540 g/mol. The first kappa shape index (κ1) is 26.9. The van der Waals surface area contributed by atoms with Crippen LogP contribution in [-0.4, -0.2) is 28.3 Å². The molecule has 7 nitrogen and oxygen atoms in total. The van der Waals surface area contributed by atoms with Gasteiger partial charge in [0.1, 0.15) is 5.00 Å². The predicted molar refractivity (Wildman–Crippen MR) is 126 cm³/mol. The van der Waals surface area contributed by atoms with Gasteiger partial charge >= 0.3 is 18.3 Å². The lowest BCUT2D eigenvalue weighted by molar-refractivity contribution is -0.138. The maximum atomic E-state index is 13.4. The second-order valence-electron chi connectivity index (χ2n) is 7.68. The van der Waals surface area contributed by atoms with Crippen molar-refractivity contribution in [1.82, 2.24) is 9.78 Å². The Kier molecular flexibility index (Phi) is 7.02. The van der Waals surface area contributed by atoms with Gasteiger partial charge < -0.3 is 10.1 Å². The molecule has 1 N–H and O–H groups in total. The number of carbonyl (C=O) groups excluding carboxylic acids is 2. The summed E-state index contributed by atoms with van der Waals surface area (Å²) in [5.74, 6) is -2.13. The Morgan fingerprint density at radius 2 is 1.66 bits per heavy atom. The fourth-order valence-corrected chi connectivity index (χ4v) is 4.49. The molecule has 4 aromatic rings. The van der Waals surface area contributed by atoms with Crippen LogP contribution < -0.4 is 10.9 Å². The summed E-state index contributed by atoms with van der Waals surface area (Å²) >= 11 is 0.750. The van der Waals surface area contributed by atoms with Gasteiger partial charge in [-0.2, -0.15) is 36.1 Å². The van der Waals surface area contributed by atoms with Gasteiger partial charge in [-0.15, -0.1) is 11.3 Å². The van der Waals surface area contributed by atoms with Crippen LogP contribution in [0.15, 0.2) is 58.7 Å². The van der Waals surface area contributed by atoms with Crippen LogP contribution >= 0.6 is 11.3 Å². The van der Waals surface area contributed by atoms with Gasteiger partial charge in [0, 0.05) is 10.8 Å². The first-order chi connectivity index (χ1) is 17.8. The molecule has 2 aromatic carbocycles. The van der Waals surface area contributed by atoms with E-state index in [1.165, 1.54) is 18.4 Å². The van der Waals surface area contributed by atoms with E-state index < -0.39 is 46.5 Å². The number of aromatic nitrogens is 2. The van der Waals surface area contributed by atoms with Crippen LogP contribution in [0.5, 0.6) is 0 Å². The van der Waals surface area contributed by atoms with E-state index in [-0.39, 0.29) is 33.8 Å². The number of hydrogen-bond acceptors (Lipinski definition) is 6. The number of ether oxygens (including phenoxy) is 1. The van der Waals surface area contributed by atoms with Crippen LogP contribution in [-0.2, 0) is 17.1 Å². The quantitative estimate of drug-likeness (QED) is 0.244. The van der Waals surface area contributed by atoms with Crippen molar-refractivity contribution in [3.63, 3.8) is 0 Å². The highest BCUT2D eigenvalue weighted by Crippen LogP contribution is 2.35. The molecule has 38 heavy (non-hydrogen) atoms. The van der Waals surface area contributed by atoms with Gasteiger partial charge in [0.25, 0.3) is 11.5 Å². The van der Waals surface area contributed by atoms with Gasteiger partial charge in [0.2, 0.25) is 0 Å². The average Bonchev–Trinajstić information content (AvgIpc) is 3.27. The zero-order chi connectivity index (χ0) is 27.8. The molecule has 0 aliphatic carbocycles. The SMILES string of the molecule is CCOC(=O)c1nn(-c2ccc(C(F)(F)F)cc2)c(=O)c2c(NC(=O)c3ccccc3C(F)(F)F)scc12. The lowest BCUT2D eigenvalue weighted by atomic mass is 10.1. The number of amides is 1. The summed E-state index contributed by atoms with van der Waals surface area (Å²) in [7, 11) is 0. The molecule has 0 atom stereocenters. The molecular formula is C24H15F6N3O4S. The molecule has 0 unspecified atom stereocenters. The summed E-state index contributed by atoms with van der Waals surface area (Å²) in [5, 5.41) is 7.00. The summed E-state index contributed by atoms with van der Waals surface area (Å²) < 4.78 is 84.8. The van der Waals surface area contributed by atoms with Crippen molar-refractivity contribution >= 4 is 39.0 Å². The molecule has 2 heterocycles. The third-order valence-corrected chi connectivity index (χ3v) is 6.16. The van der Waals surface area contributed by atoms with E-state index >= 15 is 0 Å². The molecule has 1 amide bonds. The molecule has 0 spiro atoms. The molecule has 0 saturated carbocycles. The summed E-state index contributed by atoms with van der Waals surface area (Å²) in [6.45, 7) is 1.45. The van der Waals surface area contributed by atoms with Crippen molar-refractivity contribution in [2.45, 2.75) is 19.3 Å². The number of rotatable bonds is 5. The highest BCUT2D eigenvalue weighted by atomic mass is 32.1. The fraction of sp³-hybridized carbons (Fsp3) is 0.167. The normalized spacial score (nSPS) is 12.0. The van der Waals surface area contributed by atoms with Crippen LogP contribution in [0, 0.1) is 0 Å². The van der Waals surface area contributed by atoms with Crippen molar-refractivity contribution in [2.24, 2.45) is 0 Å². The summed E-state index contributed by atoms with van der Waals surface area (Å²) in [4.78, 5) is 38.8. The van der Waals surface area contributed by atoms with E-state index in [1.54, 1.807) is 0 Å². The van der Waals surface area contributed by atoms with Crippen molar-refractivity contribution < 1.29 is 40.7 Å². The Hall–Kier alpha value is -4.20. The number of hydrogen-bond donors (Lipinski definition) is 1. The number of carbonyl (C=O) groups is 2. The Labute approximate surface area is 213 Å². The lowest BCUT2D eigenvalue weighted by Gasteiger charge is -2.13. The van der Waals surface area contributed by atoms with Crippen molar-refractivity contribution in [3.8, 4) is 5.69 Å². The first-order valence-corrected chi connectivity index (χ1v) is 11.6. The monoisotopic (exact) mass is 555 g/mol. The molecule has 4 rings (SSSR count). The van der Waals surface area contributed by atoms with Crippen LogP contribution in [0.25, 0.3) is 16.5 Å². The lowest BCUT2D eigenvalue weighted by Crippen LogP contribution is -2.26. The Bertz CT molecular complexity index is 1590. The van der Waals surface area contributed by atoms with Crippen molar-refractivity contribution in [2.75, 3.05) is 11.9 Å². The minimum atomic E-state index is -4.83. The van der Waals surface area contributed by atoms with E-state index in [0.29, 0.717) is 16.8 Å². The maximum absolute atomic E-state index is 13.4. The number of nitrogens with zero attached hydrogens (tertiary/aromatic N) is 2. The highest BCUT2D eigenvalue weighted by molar-refractivity contribution is 7.16. The summed E-state index contributed by atoms with van der Waals surface area (Å²) in [6, 6.07) is 7.37. The summed E-state index contributed by atoms with van der Waals surface area (Å²) in [6.07, 6.45) is -9.48. The largest absolute Gasteiger partial charge is 0.461 e. The van der Waals surface area contributed by atoms with Gasteiger partial charge in [0.05, 0.1) is 34.4 Å². The summed E-state index contributed by atoms with van der Waals surface area (Å²) in [5.41, 5.74) is -4.35. The molecule has 198 valence electrons. The van der Waals surface area contributed by atoms with E-state index in [2.05, 4.69) is 10.4 Å². The zero-order valence-corrected chi connectivity index (χ0v) is 19.9. The van der Waals surface area contributed by atoms with Crippen molar-refractivity contribution in [1.29, 1.82) is 0 Å². The van der Waals surface area contributed by atoms with Gasteiger partial charge in [-0.05, 0) is 43.3 Å². The van der Waals surface area contributed by atoms with Crippen LogP contribution in [0.3, 0.4) is 0 Å². The molecule has 14 heteroatoms. The number of benzene rings is 2. The van der Waals surface area contributed by atoms with Crippen molar-refractivity contribution in [3.05, 3.63) is 86.6 Å². The van der Waals surface area contributed by atoms with E-state index in [9.17, 15) is 40.7 Å². The molecule has 0 aliphatic rings. The zero-order valence-electron chi connectivity index (χ0n) is 19.1. The number of halogens is 6. The number of anilines is 1. The van der Waals surface area contributed by atoms with Gasteiger partial charge in [-0.25, -0.2) is 4.79 Å². The second-order valence-corrected chi connectivity index (χ2v) is 8.56. The molecule has 0 fully saturated rings. The van der Waals surface area contributed by atoms with Gasteiger partial charge in [-0.1, -0.05) is 12.1 Å². The van der Waals surface area contributed by atoms with E-state index in [4.69, 9.17) is 4.74 Å². The third-order valence-electron chi connectivity index (χ3n) is 5.26. The third kappa shape index (κ3) is 5.11. The van der Waals surface area contributed by atoms with E-state index in [0.717, 1.165) is 41.7 Å². The highest BCUT2D eigenvalue weighted by Gasteiger charge is 2.35. The molecule has 0 saturated heterocycles. The smallest absolute Gasteiger partial charge is 0.417 e. The maximum Gasteiger partial charge on any atom is 0.417 e. The number of thiophene rings is 1. The Morgan fingerprint density at radius 1 is 1.00 bits per heavy atom. The van der Waals surface area contributed by atoms with Crippen LogP contribution in [0.2, 0.25) is 0 Å². The van der Waals surface area contributed by atoms with Crippen LogP contribution in [0.4, 0.5) is 31.3 Å². The number of alkyl halides is 6.